The number of sulfonamides is 1. The molecule has 1 aliphatic heterocycles. The fourth-order valence-electron chi connectivity index (χ4n) is 2.24. The van der Waals surface area contributed by atoms with Crippen LogP contribution in [0.15, 0.2) is 23.1 Å². The van der Waals surface area contributed by atoms with Crippen molar-refractivity contribution in [3.8, 4) is 0 Å². The molecular formula is C12H15Cl2NO2S. The third-order valence-corrected chi connectivity index (χ3v) is 5.61. The van der Waals surface area contributed by atoms with Crippen LogP contribution in [0.3, 0.4) is 0 Å². The Labute approximate surface area is 118 Å². The van der Waals surface area contributed by atoms with Crippen LogP contribution >= 0.6 is 23.2 Å². The molecule has 0 unspecified atom stereocenters. The highest BCUT2D eigenvalue weighted by Gasteiger charge is 2.31. The van der Waals surface area contributed by atoms with Crippen LogP contribution in [0.4, 0.5) is 0 Å². The van der Waals surface area contributed by atoms with E-state index in [1.165, 1.54) is 18.2 Å². The first-order chi connectivity index (χ1) is 8.41. The average Bonchev–Trinajstić information content (AvgIpc) is 2.28. The molecule has 0 saturated carbocycles. The van der Waals surface area contributed by atoms with Gasteiger partial charge in [0.25, 0.3) is 0 Å². The summed E-state index contributed by atoms with van der Waals surface area (Å²) in [6.45, 7) is 2.50. The van der Waals surface area contributed by atoms with E-state index < -0.39 is 10.0 Å². The summed E-state index contributed by atoms with van der Waals surface area (Å²) in [4.78, 5) is 0.175. The van der Waals surface area contributed by atoms with Gasteiger partial charge < -0.3 is 0 Å². The van der Waals surface area contributed by atoms with Crippen molar-refractivity contribution in [1.82, 2.24) is 4.31 Å². The highest BCUT2D eigenvalue weighted by molar-refractivity contribution is 7.89. The highest BCUT2D eigenvalue weighted by Crippen LogP contribution is 2.28. The minimum Gasteiger partial charge on any atom is -0.207 e. The van der Waals surface area contributed by atoms with E-state index >= 15 is 0 Å². The number of nitrogens with zero attached hydrogens (tertiary/aromatic N) is 1. The van der Waals surface area contributed by atoms with Crippen molar-refractivity contribution in [2.24, 2.45) is 0 Å². The standard InChI is InChI=1S/C12H15Cl2NO2S/c1-9-4-2-3-5-15(9)18(16,17)12-7-10(13)6-11(14)8-12/h6-9H,2-5H2,1H3/t9-/m1/s1. The fraction of sp³-hybridized carbons (Fsp3) is 0.500. The molecule has 0 N–H and O–H groups in total. The second-order valence-corrected chi connectivity index (χ2v) is 7.33. The molecule has 0 aromatic heterocycles. The SMILES string of the molecule is C[C@@H]1CCCCN1S(=O)(=O)c1cc(Cl)cc(Cl)c1. The van der Waals surface area contributed by atoms with Gasteiger partial charge in [-0.2, -0.15) is 4.31 Å². The zero-order valence-electron chi connectivity index (χ0n) is 10.1. The van der Waals surface area contributed by atoms with E-state index in [4.69, 9.17) is 23.2 Å². The van der Waals surface area contributed by atoms with Gasteiger partial charge in [-0.1, -0.05) is 29.6 Å². The average molecular weight is 308 g/mol. The van der Waals surface area contributed by atoms with Gasteiger partial charge in [0.05, 0.1) is 4.90 Å². The van der Waals surface area contributed by atoms with Crippen molar-refractivity contribution in [2.45, 2.75) is 37.1 Å². The van der Waals surface area contributed by atoms with Crippen LogP contribution in [0.25, 0.3) is 0 Å². The quantitative estimate of drug-likeness (QED) is 0.838. The molecule has 1 aliphatic rings. The molecule has 1 atom stereocenters. The Hall–Kier alpha value is -0.290. The maximum Gasteiger partial charge on any atom is 0.243 e. The summed E-state index contributed by atoms with van der Waals surface area (Å²) in [7, 11) is -3.49. The van der Waals surface area contributed by atoms with Crippen LogP contribution in [-0.2, 0) is 10.0 Å². The molecule has 0 spiro atoms. The fourth-order valence-corrected chi connectivity index (χ4v) is 4.67. The summed E-state index contributed by atoms with van der Waals surface area (Å²) in [5.74, 6) is 0. The Morgan fingerprint density at radius 1 is 1.17 bits per heavy atom. The van der Waals surface area contributed by atoms with Crippen LogP contribution in [-0.4, -0.2) is 25.3 Å². The van der Waals surface area contributed by atoms with Gasteiger partial charge >= 0.3 is 0 Å². The summed E-state index contributed by atoms with van der Waals surface area (Å²) >= 11 is 11.7. The molecule has 2 rings (SSSR count). The third-order valence-electron chi connectivity index (χ3n) is 3.18. The lowest BCUT2D eigenvalue weighted by molar-refractivity contribution is 0.268. The zero-order valence-corrected chi connectivity index (χ0v) is 12.4. The minimum atomic E-state index is -3.49. The predicted octanol–water partition coefficient (Wildman–Crippen LogP) is 3.56. The van der Waals surface area contributed by atoms with Crippen molar-refractivity contribution >= 4 is 33.2 Å². The van der Waals surface area contributed by atoms with E-state index in [2.05, 4.69) is 0 Å². The van der Waals surface area contributed by atoms with Gasteiger partial charge in [-0.3, -0.25) is 0 Å². The summed E-state index contributed by atoms with van der Waals surface area (Å²) in [5.41, 5.74) is 0. The van der Waals surface area contributed by atoms with Gasteiger partial charge in [-0.15, -0.1) is 0 Å². The Morgan fingerprint density at radius 3 is 2.33 bits per heavy atom. The topological polar surface area (TPSA) is 37.4 Å². The largest absolute Gasteiger partial charge is 0.243 e. The molecule has 1 saturated heterocycles. The molecule has 0 amide bonds. The summed E-state index contributed by atoms with van der Waals surface area (Å²) in [6, 6.07) is 4.46. The molecule has 0 aliphatic carbocycles. The molecule has 1 fully saturated rings. The molecule has 0 bridgehead atoms. The van der Waals surface area contributed by atoms with E-state index in [1.54, 1.807) is 4.31 Å². The number of piperidine rings is 1. The zero-order chi connectivity index (χ0) is 13.3. The second kappa shape index (κ2) is 5.37. The Morgan fingerprint density at radius 2 is 1.78 bits per heavy atom. The van der Waals surface area contributed by atoms with E-state index in [0.29, 0.717) is 16.6 Å². The molecule has 18 heavy (non-hydrogen) atoms. The smallest absolute Gasteiger partial charge is 0.207 e. The number of benzene rings is 1. The van der Waals surface area contributed by atoms with Crippen molar-refractivity contribution in [3.63, 3.8) is 0 Å². The van der Waals surface area contributed by atoms with Crippen molar-refractivity contribution in [1.29, 1.82) is 0 Å². The Bertz CT molecular complexity index is 525. The Kier molecular flexibility index (Phi) is 4.22. The lowest BCUT2D eigenvalue weighted by atomic mass is 10.1. The monoisotopic (exact) mass is 307 g/mol. The van der Waals surface area contributed by atoms with Crippen LogP contribution in [0.2, 0.25) is 10.0 Å². The maximum atomic E-state index is 12.5. The van der Waals surface area contributed by atoms with Crippen LogP contribution in [0.1, 0.15) is 26.2 Å². The van der Waals surface area contributed by atoms with Gasteiger partial charge in [0, 0.05) is 22.6 Å². The first-order valence-corrected chi connectivity index (χ1v) is 8.09. The lowest BCUT2D eigenvalue weighted by Gasteiger charge is -2.32. The third kappa shape index (κ3) is 2.82. The number of rotatable bonds is 2. The first-order valence-electron chi connectivity index (χ1n) is 5.89. The van der Waals surface area contributed by atoms with Gasteiger partial charge in [0.15, 0.2) is 0 Å². The number of halogens is 2. The molecule has 1 aromatic carbocycles. The maximum absolute atomic E-state index is 12.5. The Balaban J connectivity index is 2.40. The van der Waals surface area contributed by atoms with Crippen LogP contribution < -0.4 is 0 Å². The molecule has 0 radical (unpaired) electrons. The van der Waals surface area contributed by atoms with E-state index in [9.17, 15) is 8.42 Å². The number of hydrogen-bond acceptors (Lipinski definition) is 2. The minimum absolute atomic E-state index is 0.0292. The molecule has 1 heterocycles. The predicted molar refractivity (Wildman–Crippen MR) is 73.7 cm³/mol. The second-order valence-electron chi connectivity index (χ2n) is 4.57. The van der Waals surface area contributed by atoms with E-state index in [1.807, 2.05) is 6.92 Å². The van der Waals surface area contributed by atoms with Crippen molar-refractivity contribution < 1.29 is 8.42 Å². The molecule has 6 heteroatoms. The molecule has 1 aromatic rings. The summed E-state index contributed by atoms with van der Waals surface area (Å²) < 4.78 is 26.6. The van der Waals surface area contributed by atoms with E-state index in [-0.39, 0.29) is 10.9 Å². The van der Waals surface area contributed by atoms with Crippen LogP contribution in [0.5, 0.6) is 0 Å². The number of hydrogen-bond donors (Lipinski definition) is 0. The van der Waals surface area contributed by atoms with Crippen molar-refractivity contribution in [3.05, 3.63) is 28.2 Å². The molecule has 3 nitrogen and oxygen atoms in total. The molecule has 100 valence electrons. The van der Waals surface area contributed by atoms with Crippen molar-refractivity contribution in [2.75, 3.05) is 6.54 Å². The van der Waals surface area contributed by atoms with Gasteiger partial charge in [0.2, 0.25) is 10.0 Å². The normalized spacial score (nSPS) is 22.1. The highest BCUT2D eigenvalue weighted by atomic mass is 35.5. The van der Waals surface area contributed by atoms with Gasteiger partial charge in [0.1, 0.15) is 0 Å². The van der Waals surface area contributed by atoms with Gasteiger partial charge in [-0.25, -0.2) is 8.42 Å². The van der Waals surface area contributed by atoms with E-state index in [0.717, 1.165) is 19.3 Å². The lowest BCUT2D eigenvalue weighted by Crippen LogP contribution is -2.41. The van der Waals surface area contributed by atoms with Gasteiger partial charge in [-0.05, 0) is 38.0 Å². The van der Waals surface area contributed by atoms with Crippen LogP contribution in [0, 0.1) is 0 Å². The molecular weight excluding hydrogens is 293 g/mol. The summed E-state index contributed by atoms with van der Waals surface area (Å²) in [6.07, 6.45) is 2.87. The summed E-state index contributed by atoms with van der Waals surface area (Å²) in [5, 5.41) is 0.677. The first kappa shape index (κ1) is 14.1.